The van der Waals surface area contributed by atoms with E-state index < -0.39 is 13.0 Å². The van der Waals surface area contributed by atoms with E-state index in [4.69, 9.17) is 4.74 Å². The molecule has 6 nitrogen and oxygen atoms in total. The van der Waals surface area contributed by atoms with Crippen molar-refractivity contribution in [2.24, 2.45) is 5.92 Å². The van der Waals surface area contributed by atoms with Crippen LogP contribution in [0.4, 0.5) is 0 Å². The highest BCUT2D eigenvalue weighted by molar-refractivity contribution is 6.45. The van der Waals surface area contributed by atoms with Crippen LogP contribution in [-0.2, 0) is 14.3 Å². The maximum atomic E-state index is 11.5. The molecule has 106 valence electrons. The lowest BCUT2D eigenvalue weighted by Gasteiger charge is -2.18. The number of carbonyl (C=O) groups is 2. The number of hydrogen-bond donors (Lipinski definition) is 3. The van der Waals surface area contributed by atoms with E-state index in [9.17, 15) is 14.6 Å². The summed E-state index contributed by atoms with van der Waals surface area (Å²) in [7, 11) is -0.707. The minimum Gasteiger partial charge on any atom is -0.463 e. The Morgan fingerprint density at radius 1 is 1.74 bits per heavy atom. The lowest BCUT2D eigenvalue weighted by atomic mass is 9.85. The minimum atomic E-state index is -0.707. The Hall–Kier alpha value is -1.34. The Kier molecular flexibility index (Phi) is 6.59. The van der Waals surface area contributed by atoms with Gasteiger partial charge in [0.15, 0.2) is 0 Å². The van der Waals surface area contributed by atoms with Gasteiger partial charge in [0, 0.05) is 24.6 Å². The number of esters is 1. The molecule has 1 heterocycles. The number of nitrogens with one attached hydrogen (secondary N) is 2. The molecule has 0 spiro atoms. The summed E-state index contributed by atoms with van der Waals surface area (Å²) in [6.45, 7) is 4.34. The van der Waals surface area contributed by atoms with E-state index in [2.05, 4.69) is 10.5 Å². The highest BCUT2D eigenvalue weighted by Crippen LogP contribution is 2.16. The second kappa shape index (κ2) is 7.96. The molecule has 1 rings (SSSR count). The van der Waals surface area contributed by atoms with Crippen LogP contribution in [0.2, 0.25) is 6.82 Å². The molecule has 0 saturated carbocycles. The molecule has 0 aromatic heterocycles. The van der Waals surface area contributed by atoms with Gasteiger partial charge in [0.25, 0.3) is 0 Å². The van der Waals surface area contributed by atoms with Crippen LogP contribution in [0.5, 0.6) is 0 Å². The van der Waals surface area contributed by atoms with Crippen LogP contribution in [-0.4, -0.2) is 43.1 Å². The van der Waals surface area contributed by atoms with Crippen molar-refractivity contribution in [3.63, 3.8) is 0 Å². The molecule has 1 saturated heterocycles. The summed E-state index contributed by atoms with van der Waals surface area (Å²) < 4.78 is 4.79. The zero-order chi connectivity index (χ0) is 14.3. The van der Waals surface area contributed by atoms with Crippen LogP contribution in [0.3, 0.4) is 0 Å². The van der Waals surface area contributed by atoms with Crippen LogP contribution in [0.25, 0.3) is 0 Å². The lowest BCUT2D eigenvalue weighted by Crippen LogP contribution is -2.40. The molecule has 3 N–H and O–H groups in total. The zero-order valence-corrected chi connectivity index (χ0v) is 11.4. The van der Waals surface area contributed by atoms with E-state index in [1.807, 2.05) is 0 Å². The fourth-order valence-corrected chi connectivity index (χ4v) is 2.07. The van der Waals surface area contributed by atoms with Crippen LogP contribution in [0.15, 0.2) is 12.2 Å². The van der Waals surface area contributed by atoms with Gasteiger partial charge >= 0.3 is 13.0 Å². The topological polar surface area (TPSA) is 87.7 Å². The minimum absolute atomic E-state index is 0.0296. The third-order valence-electron chi connectivity index (χ3n) is 2.91. The molecular weight excluding hydrogens is 247 g/mol. The molecule has 1 aliphatic rings. The molecule has 0 aromatic carbocycles. The molecule has 0 radical (unpaired) electrons. The van der Waals surface area contributed by atoms with E-state index in [1.165, 1.54) is 6.08 Å². The highest BCUT2D eigenvalue weighted by atomic mass is 16.5. The number of carbonyl (C=O) groups excluding carboxylic acids is 2. The Morgan fingerprint density at radius 2 is 2.47 bits per heavy atom. The maximum Gasteiger partial charge on any atom is 0.374 e. The van der Waals surface area contributed by atoms with E-state index in [0.29, 0.717) is 19.6 Å². The standard InChI is InChI=1S/C12H21BN2O4/c1-3-19-11(16)5-4-10(15-13(2)18)8-9-6-7-14-12(9)17/h4-5,9-10,15,18H,3,6-8H2,1-2H3,(H,14,17). The first kappa shape index (κ1) is 15.7. The van der Waals surface area contributed by atoms with Gasteiger partial charge in [-0.05, 0) is 26.6 Å². The van der Waals surface area contributed by atoms with Crippen LogP contribution < -0.4 is 10.5 Å². The van der Waals surface area contributed by atoms with E-state index in [-0.39, 0.29) is 17.9 Å². The zero-order valence-electron chi connectivity index (χ0n) is 11.4. The van der Waals surface area contributed by atoms with Crippen molar-refractivity contribution in [2.75, 3.05) is 13.2 Å². The molecule has 0 bridgehead atoms. The summed E-state index contributed by atoms with van der Waals surface area (Å²) in [5.41, 5.74) is 0. The Labute approximate surface area is 113 Å². The highest BCUT2D eigenvalue weighted by Gasteiger charge is 2.27. The molecule has 0 aromatic rings. The van der Waals surface area contributed by atoms with Gasteiger partial charge in [-0.15, -0.1) is 0 Å². The third kappa shape index (κ3) is 5.89. The number of rotatable bonds is 7. The number of ether oxygens (including phenoxy) is 1. The Morgan fingerprint density at radius 3 is 3.00 bits per heavy atom. The average molecular weight is 268 g/mol. The van der Waals surface area contributed by atoms with Crippen molar-refractivity contribution in [1.29, 1.82) is 0 Å². The monoisotopic (exact) mass is 268 g/mol. The van der Waals surface area contributed by atoms with Gasteiger partial charge in [-0.2, -0.15) is 0 Å². The van der Waals surface area contributed by atoms with Gasteiger partial charge in [-0.1, -0.05) is 6.08 Å². The summed E-state index contributed by atoms with van der Waals surface area (Å²) in [5.74, 6) is -0.471. The van der Waals surface area contributed by atoms with Crippen molar-refractivity contribution in [3.8, 4) is 0 Å². The normalized spacial score (nSPS) is 20.4. The first-order valence-corrected chi connectivity index (χ1v) is 6.59. The van der Waals surface area contributed by atoms with Gasteiger partial charge in [-0.25, -0.2) is 4.79 Å². The Bertz CT molecular complexity index is 347. The summed E-state index contributed by atoms with van der Waals surface area (Å²) in [6, 6.07) is -0.238. The van der Waals surface area contributed by atoms with Crippen molar-refractivity contribution in [3.05, 3.63) is 12.2 Å². The molecule has 0 aliphatic carbocycles. The predicted octanol–water partition coefficient (Wildman–Crippen LogP) is -0.300. The fourth-order valence-electron chi connectivity index (χ4n) is 2.07. The summed E-state index contributed by atoms with van der Waals surface area (Å²) >= 11 is 0. The third-order valence-corrected chi connectivity index (χ3v) is 2.91. The fraction of sp³-hybridized carbons (Fsp3) is 0.667. The van der Waals surface area contributed by atoms with Gasteiger partial charge in [0.05, 0.1) is 6.61 Å². The van der Waals surface area contributed by atoms with Crippen molar-refractivity contribution in [2.45, 2.75) is 32.6 Å². The lowest BCUT2D eigenvalue weighted by molar-refractivity contribution is -0.137. The predicted molar refractivity (Wildman–Crippen MR) is 72.3 cm³/mol. The molecule has 1 fully saturated rings. The summed E-state index contributed by atoms with van der Waals surface area (Å²) in [5, 5.41) is 15.0. The summed E-state index contributed by atoms with van der Waals surface area (Å²) in [4.78, 5) is 22.8. The quantitative estimate of drug-likeness (QED) is 0.335. The first-order valence-electron chi connectivity index (χ1n) is 6.59. The molecule has 2 atom stereocenters. The van der Waals surface area contributed by atoms with E-state index >= 15 is 0 Å². The van der Waals surface area contributed by atoms with E-state index in [0.717, 1.165) is 6.42 Å². The average Bonchev–Trinajstić information content (AvgIpc) is 2.72. The number of amides is 1. The molecule has 1 amide bonds. The number of hydrogen-bond acceptors (Lipinski definition) is 5. The molecule has 19 heavy (non-hydrogen) atoms. The second-order valence-corrected chi connectivity index (χ2v) is 4.57. The van der Waals surface area contributed by atoms with Gasteiger partial charge in [-0.3, -0.25) is 4.79 Å². The van der Waals surface area contributed by atoms with Crippen LogP contribution >= 0.6 is 0 Å². The smallest absolute Gasteiger partial charge is 0.374 e. The van der Waals surface area contributed by atoms with Crippen molar-refractivity contribution >= 4 is 18.9 Å². The van der Waals surface area contributed by atoms with Gasteiger partial charge in [0.1, 0.15) is 0 Å². The van der Waals surface area contributed by atoms with Crippen LogP contribution in [0.1, 0.15) is 19.8 Å². The first-order chi connectivity index (χ1) is 9.02. The molecule has 1 aliphatic heterocycles. The van der Waals surface area contributed by atoms with Crippen LogP contribution in [0, 0.1) is 5.92 Å². The second-order valence-electron chi connectivity index (χ2n) is 4.57. The maximum absolute atomic E-state index is 11.5. The SMILES string of the molecule is CCOC(=O)C=CC(CC1CCNC1=O)NB(C)O. The van der Waals surface area contributed by atoms with Crippen molar-refractivity contribution < 1.29 is 19.3 Å². The molecular formula is C12H21BN2O4. The van der Waals surface area contributed by atoms with Crippen molar-refractivity contribution in [1.82, 2.24) is 10.5 Å². The molecule has 7 heteroatoms. The van der Waals surface area contributed by atoms with E-state index in [1.54, 1.807) is 19.8 Å². The largest absolute Gasteiger partial charge is 0.463 e. The Balaban J connectivity index is 2.55. The molecule has 2 unspecified atom stereocenters. The van der Waals surface area contributed by atoms with Gasteiger partial charge in [0.2, 0.25) is 5.91 Å². The summed E-state index contributed by atoms with van der Waals surface area (Å²) in [6.07, 6.45) is 4.30. The van der Waals surface area contributed by atoms with Gasteiger partial charge < -0.3 is 20.3 Å².